The summed E-state index contributed by atoms with van der Waals surface area (Å²) in [6, 6.07) is -1.12. The summed E-state index contributed by atoms with van der Waals surface area (Å²) in [5, 5.41) is 9.57. The van der Waals surface area contributed by atoms with Gasteiger partial charge in [0.1, 0.15) is 11.6 Å². The highest BCUT2D eigenvalue weighted by molar-refractivity contribution is 7.88. The second kappa shape index (κ2) is 4.68. The first-order valence-electron chi connectivity index (χ1n) is 6.37. The Morgan fingerprint density at radius 1 is 1.50 bits per heavy atom. The number of nitrogens with two attached hydrogens (primary N) is 1. The standard InChI is InChI=1S/C11H19N3O5S/c1-7(15)8(9(12)16)13-6-11(10(13)17)4-3-5-14(11)20(2,18)19/h7-8,15H,3-6H2,1-2H3,(H2,12,16)/t7?,8?,11-/m1/s1. The van der Waals surface area contributed by atoms with Crippen LogP contribution in [0.15, 0.2) is 0 Å². The number of nitrogens with zero attached hydrogens (tertiary/aromatic N) is 2. The van der Waals surface area contributed by atoms with Crippen LogP contribution in [-0.2, 0) is 19.6 Å². The van der Waals surface area contributed by atoms with Crippen molar-refractivity contribution in [3.05, 3.63) is 0 Å². The Morgan fingerprint density at radius 2 is 2.10 bits per heavy atom. The highest BCUT2D eigenvalue weighted by Gasteiger charge is 2.63. The molecule has 1 spiro atoms. The summed E-state index contributed by atoms with van der Waals surface area (Å²) in [5.74, 6) is -1.25. The minimum Gasteiger partial charge on any atom is -0.391 e. The molecule has 2 aliphatic rings. The topological polar surface area (TPSA) is 121 Å². The van der Waals surface area contributed by atoms with Crippen molar-refractivity contribution in [2.45, 2.75) is 37.5 Å². The summed E-state index contributed by atoms with van der Waals surface area (Å²) in [7, 11) is -3.49. The normalized spacial score (nSPS) is 30.4. The van der Waals surface area contributed by atoms with Crippen LogP contribution in [0.1, 0.15) is 19.8 Å². The summed E-state index contributed by atoms with van der Waals surface area (Å²) in [5.41, 5.74) is 4.11. The molecule has 8 nitrogen and oxygen atoms in total. The number of carbonyl (C=O) groups is 2. The third kappa shape index (κ3) is 2.09. The Bertz CT molecular complexity index is 546. The van der Waals surface area contributed by atoms with Crippen molar-refractivity contribution >= 4 is 21.8 Å². The van der Waals surface area contributed by atoms with E-state index in [2.05, 4.69) is 0 Å². The molecule has 0 aromatic rings. The van der Waals surface area contributed by atoms with E-state index in [1.165, 1.54) is 11.2 Å². The van der Waals surface area contributed by atoms with Gasteiger partial charge in [-0.25, -0.2) is 8.42 Å². The van der Waals surface area contributed by atoms with E-state index in [-0.39, 0.29) is 6.54 Å². The molecule has 2 unspecified atom stereocenters. The van der Waals surface area contributed by atoms with Gasteiger partial charge in [-0.1, -0.05) is 0 Å². The monoisotopic (exact) mass is 305 g/mol. The second-order valence-corrected chi connectivity index (χ2v) is 7.40. The molecule has 0 radical (unpaired) electrons. The van der Waals surface area contributed by atoms with Crippen LogP contribution in [0.2, 0.25) is 0 Å². The Morgan fingerprint density at radius 3 is 2.50 bits per heavy atom. The molecule has 2 fully saturated rings. The Hall–Kier alpha value is -1.19. The number of carbonyl (C=O) groups excluding carboxylic acids is 2. The molecule has 2 saturated heterocycles. The van der Waals surface area contributed by atoms with E-state index < -0.39 is 39.5 Å². The molecule has 0 aromatic heterocycles. The Balaban J connectivity index is 2.25. The lowest BCUT2D eigenvalue weighted by Crippen LogP contribution is -2.76. The number of rotatable bonds is 4. The molecule has 0 aliphatic carbocycles. The molecule has 0 aromatic carbocycles. The van der Waals surface area contributed by atoms with E-state index in [0.717, 1.165) is 11.2 Å². The first-order chi connectivity index (χ1) is 9.11. The van der Waals surface area contributed by atoms with Gasteiger partial charge >= 0.3 is 0 Å². The maximum atomic E-state index is 12.4. The van der Waals surface area contributed by atoms with E-state index in [1.54, 1.807) is 0 Å². The zero-order valence-corrected chi connectivity index (χ0v) is 12.3. The number of sulfonamides is 1. The summed E-state index contributed by atoms with van der Waals surface area (Å²) in [6.45, 7) is 1.77. The molecule has 0 saturated carbocycles. The van der Waals surface area contributed by atoms with Gasteiger partial charge in [-0.3, -0.25) is 9.59 Å². The van der Waals surface area contributed by atoms with Crippen LogP contribution in [0.5, 0.6) is 0 Å². The molecule has 20 heavy (non-hydrogen) atoms. The molecular weight excluding hydrogens is 286 g/mol. The predicted octanol–water partition coefficient (Wildman–Crippen LogP) is -2.14. The number of amides is 2. The van der Waals surface area contributed by atoms with E-state index in [0.29, 0.717) is 19.4 Å². The van der Waals surface area contributed by atoms with Crippen LogP contribution >= 0.6 is 0 Å². The third-order valence-corrected chi connectivity index (χ3v) is 5.34. The van der Waals surface area contributed by atoms with Gasteiger partial charge in [-0.15, -0.1) is 0 Å². The van der Waals surface area contributed by atoms with Gasteiger partial charge in [0, 0.05) is 6.54 Å². The van der Waals surface area contributed by atoms with Crippen LogP contribution < -0.4 is 5.73 Å². The summed E-state index contributed by atoms with van der Waals surface area (Å²) >= 11 is 0. The average Bonchev–Trinajstić information content (AvgIpc) is 2.73. The molecule has 0 bridgehead atoms. The fourth-order valence-electron chi connectivity index (χ4n) is 3.18. The first-order valence-corrected chi connectivity index (χ1v) is 8.22. The quantitative estimate of drug-likeness (QED) is 0.574. The van der Waals surface area contributed by atoms with E-state index in [9.17, 15) is 23.1 Å². The number of hydrogen-bond donors (Lipinski definition) is 2. The van der Waals surface area contributed by atoms with Crippen molar-refractivity contribution in [2.24, 2.45) is 5.73 Å². The maximum absolute atomic E-state index is 12.4. The molecule has 2 aliphatic heterocycles. The zero-order chi connectivity index (χ0) is 15.3. The van der Waals surface area contributed by atoms with Crippen molar-refractivity contribution < 1.29 is 23.1 Å². The smallest absolute Gasteiger partial charge is 0.246 e. The minimum absolute atomic E-state index is 0.0947. The number of hydrogen-bond acceptors (Lipinski definition) is 5. The highest BCUT2D eigenvalue weighted by atomic mass is 32.2. The van der Waals surface area contributed by atoms with E-state index in [4.69, 9.17) is 5.73 Å². The largest absolute Gasteiger partial charge is 0.391 e. The van der Waals surface area contributed by atoms with Crippen molar-refractivity contribution in [3.8, 4) is 0 Å². The Labute approximate surface area is 117 Å². The second-order valence-electron chi connectivity index (χ2n) is 5.49. The number of aliphatic hydroxyl groups is 1. The number of likely N-dealkylation sites (tertiary alicyclic amines) is 1. The van der Waals surface area contributed by atoms with Gasteiger partial charge in [0.25, 0.3) is 0 Å². The summed E-state index contributed by atoms with van der Waals surface area (Å²) in [4.78, 5) is 24.9. The van der Waals surface area contributed by atoms with Crippen molar-refractivity contribution in [2.75, 3.05) is 19.3 Å². The fraction of sp³-hybridized carbons (Fsp3) is 0.818. The molecule has 3 N–H and O–H groups in total. The zero-order valence-electron chi connectivity index (χ0n) is 11.4. The van der Waals surface area contributed by atoms with Crippen molar-refractivity contribution in [1.29, 1.82) is 0 Å². The lowest BCUT2D eigenvalue weighted by molar-refractivity contribution is -0.167. The van der Waals surface area contributed by atoms with E-state index in [1.807, 2.05) is 0 Å². The SMILES string of the molecule is CC(O)C(C(N)=O)N1C[C@]2(CCCN2S(C)(=O)=O)C1=O. The van der Waals surface area contributed by atoms with Gasteiger partial charge in [0.15, 0.2) is 0 Å². The molecule has 3 atom stereocenters. The van der Waals surface area contributed by atoms with Gasteiger partial charge < -0.3 is 15.7 Å². The lowest BCUT2D eigenvalue weighted by Gasteiger charge is -2.52. The number of β-lactam (4-membered cyclic amide) rings is 1. The Kier molecular flexibility index (Phi) is 3.55. The van der Waals surface area contributed by atoms with Gasteiger partial charge in [-0.2, -0.15) is 4.31 Å². The molecule has 2 rings (SSSR count). The van der Waals surface area contributed by atoms with Crippen LogP contribution in [0.4, 0.5) is 0 Å². The molecule has 9 heteroatoms. The van der Waals surface area contributed by atoms with Crippen molar-refractivity contribution in [3.63, 3.8) is 0 Å². The first kappa shape index (κ1) is 15.2. The summed E-state index contributed by atoms with van der Waals surface area (Å²) < 4.78 is 24.7. The van der Waals surface area contributed by atoms with Crippen molar-refractivity contribution in [1.82, 2.24) is 9.21 Å². The van der Waals surface area contributed by atoms with Gasteiger partial charge in [0.05, 0.1) is 18.9 Å². The molecule has 2 amide bonds. The number of aliphatic hydroxyl groups excluding tert-OH is 1. The molecular formula is C11H19N3O5S. The molecule has 2 heterocycles. The summed E-state index contributed by atoms with van der Waals surface area (Å²) in [6.07, 6.45) is 1.00. The van der Waals surface area contributed by atoms with E-state index >= 15 is 0 Å². The van der Waals surface area contributed by atoms with Gasteiger partial charge in [-0.05, 0) is 19.8 Å². The predicted molar refractivity (Wildman–Crippen MR) is 69.9 cm³/mol. The minimum atomic E-state index is -3.49. The highest BCUT2D eigenvalue weighted by Crippen LogP contribution is 2.41. The molecule has 114 valence electrons. The fourth-order valence-corrected chi connectivity index (χ4v) is 4.51. The third-order valence-electron chi connectivity index (χ3n) is 4.00. The number of primary amides is 1. The average molecular weight is 305 g/mol. The van der Waals surface area contributed by atoms with Crippen LogP contribution in [0, 0.1) is 0 Å². The lowest BCUT2D eigenvalue weighted by atomic mass is 9.84. The van der Waals surface area contributed by atoms with Crippen LogP contribution in [0.3, 0.4) is 0 Å². The van der Waals surface area contributed by atoms with Crippen LogP contribution in [0.25, 0.3) is 0 Å². The van der Waals surface area contributed by atoms with Crippen LogP contribution in [-0.4, -0.2) is 71.6 Å². The van der Waals surface area contributed by atoms with Gasteiger partial charge in [0.2, 0.25) is 21.8 Å². The maximum Gasteiger partial charge on any atom is 0.246 e.